The van der Waals surface area contributed by atoms with E-state index in [-0.39, 0.29) is 0 Å². The Hall–Kier alpha value is -0.0800. The molecule has 1 fully saturated rings. The van der Waals surface area contributed by atoms with E-state index < -0.39 is 0 Å². The van der Waals surface area contributed by atoms with Gasteiger partial charge in [0.15, 0.2) is 0 Å². The van der Waals surface area contributed by atoms with E-state index in [1.165, 1.54) is 45.3 Å². The largest absolute Gasteiger partial charge is 0.314 e. The monoisotopic (exact) mass is 240 g/mol. The van der Waals surface area contributed by atoms with Crippen molar-refractivity contribution in [3.8, 4) is 0 Å². The minimum absolute atomic E-state index is 0.688. The molecule has 2 heteroatoms. The van der Waals surface area contributed by atoms with Crippen LogP contribution in [0.1, 0.15) is 53.4 Å². The molecule has 0 amide bonds. The first-order valence-electron chi connectivity index (χ1n) is 7.59. The molecule has 0 saturated carbocycles. The summed E-state index contributed by atoms with van der Waals surface area (Å²) in [5.74, 6) is 1.72. The summed E-state index contributed by atoms with van der Waals surface area (Å²) < 4.78 is 0. The Morgan fingerprint density at radius 2 is 2.06 bits per heavy atom. The predicted octanol–water partition coefficient (Wildman–Crippen LogP) is 3.13. The minimum atomic E-state index is 0.688. The van der Waals surface area contributed by atoms with Gasteiger partial charge in [-0.05, 0) is 64.1 Å². The highest BCUT2D eigenvalue weighted by atomic mass is 15.1. The third kappa shape index (κ3) is 5.87. The van der Waals surface area contributed by atoms with Gasteiger partial charge in [-0.1, -0.05) is 20.8 Å². The highest BCUT2D eigenvalue weighted by Crippen LogP contribution is 2.20. The van der Waals surface area contributed by atoms with E-state index >= 15 is 0 Å². The van der Waals surface area contributed by atoms with Gasteiger partial charge in [0, 0.05) is 12.6 Å². The van der Waals surface area contributed by atoms with Crippen molar-refractivity contribution in [3.63, 3.8) is 0 Å². The van der Waals surface area contributed by atoms with E-state index in [1.54, 1.807) is 0 Å². The molecule has 2 unspecified atom stereocenters. The summed E-state index contributed by atoms with van der Waals surface area (Å²) in [4.78, 5) is 2.68. The average molecular weight is 240 g/mol. The van der Waals surface area contributed by atoms with Crippen LogP contribution in [0.15, 0.2) is 0 Å². The Labute approximate surface area is 108 Å². The molecule has 2 nitrogen and oxygen atoms in total. The van der Waals surface area contributed by atoms with Crippen LogP contribution in [-0.4, -0.2) is 37.1 Å². The molecule has 102 valence electrons. The van der Waals surface area contributed by atoms with Gasteiger partial charge >= 0.3 is 0 Å². The van der Waals surface area contributed by atoms with Crippen molar-refractivity contribution in [2.75, 3.05) is 26.2 Å². The number of hydrogen-bond donors (Lipinski definition) is 1. The SMILES string of the molecule is CCNC(C)C1CCCN(CCCC(C)C)C1. The van der Waals surface area contributed by atoms with E-state index in [0.717, 1.165) is 18.4 Å². The van der Waals surface area contributed by atoms with Gasteiger partial charge in [-0.15, -0.1) is 0 Å². The lowest BCUT2D eigenvalue weighted by Crippen LogP contribution is -2.44. The van der Waals surface area contributed by atoms with E-state index in [9.17, 15) is 0 Å². The van der Waals surface area contributed by atoms with E-state index in [1.807, 2.05) is 0 Å². The summed E-state index contributed by atoms with van der Waals surface area (Å²) in [6, 6.07) is 0.688. The minimum Gasteiger partial charge on any atom is -0.314 e. The summed E-state index contributed by atoms with van der Waals surface area (Å²) in [5.41, 5.74) is 0. The maximum Gasteiger partial charge on any atom is 0.00791 e. The Balaban J connectivity index is 2.23. The summed E-state index contributed by atoms with van der Waals surface area (Å²) in [7, 11) is 0. The van der Waals surface area contributed by atoms with Crippen LogP contribution < -0.4 is 5.32 Å². The van der Waals surface area contributed by atoms with E-state index in [0.29, 0.717) is 6.04 Å². The molecular formula is C15H32N2. The first-order valence-corrected chi connectivity index (χ1v) is 7.59. The third-order valence-corrected chi connectivity index (χ3v) is 4.03. The standard InChI is InChI=1S/C15H32N2/c1-5-16-14(4)15-9-7-11-17(12-15)10-6-8-13(2)3/h13-16H,5-12H2,1-4H3. The van der Waals surface area contributed by atoms with Crippen molar-refractivity contribution in [2.45, 2.75) is 59.4 Å². The molecule has 0 aromatic carbocycles. The zero-order chi connectivity index (χ0) is 12.7. The molecule has 1 N–H and O–H groups in total. The molecule has 0 radical (unpaired) electrons. The highest BCUT2D eigenvalue weighted by Gasteiger charge is 2.23. The van der Waals surface area contributed by atoms with Crippen LogP contribution in [0.5, 0.6) is 0 Å². The smallest absolute Gasteiger partial charge is 0.00791 e. The van der Waals surface area contributed by atoms with Gasteiger partial charge in [-0.2, -0.15) is 0 Å². The van der Waals surface area contributed by atoms with Crippen LogP contribution in [-0.2, 0) is 0 Å². The Kier molecular flexibility index (Phi) is 7.14. The fourth-order valence-electron chi connectivity index (χ4n) is 2.91. The second-order valence-corrected chi connectivity index (χ2v) is 6.09. The number of nitrogens with one attached hydrogen (secondary N) is 1. The number of nitrogens with zero attached hydrogens (tertiary/aromatic N) is 1. The quantitative estimate of drug-likeness (QED) is 0.735. The molecule has 0 aliphatic carbocycles. The van der Waals surface area contributed by atoms with Crippen molar-refractivity contribution in [2.24, 2.45) is 11.8 Å². The molecule has 1 heterocycles. The Morgan fingerprint density at radius 1 is 1.29 bits per heavy atom. The number of hydrogen-bond acceptors (Lipinski definition) is 2. The highest BCUT2D eigenvalue weighted by molar-refractivity contribution is 4.80. The van der Waals surface area contributed by atoms with Gasteiger partial charge in [0.25, 0.3) is 0 Å². The molecule has 17 heavy (non-hydrogen) atoms. The van der Waals surface area contributed by atoms with Crippen LogP contribution in [0.25, 0.3) is 0 Å². The molecule has 0 bridgehead atoms. The van der Waals surface area contributed by atoms with Gasteiger partial charge in [-0.3, -0.25) is 0 Å². The summed E-state index contributed by atoms with van der Waals surface area (Å²) in [5, 5.41) is 3.58. The van der Waals surface area contributed by atoms with Crippen LogP contribution in [0.4, 0.5) is 0 Å². The zero-order valence-corrected chi connectivity index (χ0v) is 12.3. The van der Waals surface area contributed by atoms with Crippen molar-refractivity contribution >= 4 is 0 Å². The van der Waals surface area contributed by atoms with Crippen molar-refractivity contribution in [1.29, 1.82) is 0 Å². The lowest BCUT2D eigenvalue weighted by molar-refractivity contribution is 0.148. The summed E-state index contributed by atoms with van der Waals surface area (Å²) >= 11 is 0. The summed E-state index contributed by atoms with van der Waals surface area (Å²) in [6.45, 7) is 14.3. The molecule has 2 atom stereocenters. The fraction of sp³-hybridized carbons (Fsp3) is 1.00. The molecule has 0 aromatic heterocycles. The maximum absolute atomic E-state index is 3.58. The molecule has 1 rings (SSSR count). The van der Waals surface area contributed by atoms with E-state index in [2.05, 4.69) is 37.9 Å². The number of likely N-dealkylation sites (tertiary alicyclic amines) is 1. The van der Waals surface area contributed by atoms with Crippen LogP contribution >= 0.6 is 0 Å². The maximum atomic E-state index is 3.58. The summed E-state index contributed by atoms with van der Waals surface area (Å²) in [6.07, 6.45) is 5.56. The average Bonchev–Trinajstić information content (AvgIpc) is 2.29. The molecular weight excluding hydrogens is 208 g/mol. The second-order valence-electron chi connectivity index (χ2n) is 6.09. The van der Waals surface area contributed by atoms with Gasteiger partial charge in [0.05, 0.1) is 0 Å². The van der Waals surface area contributed by atoms with Gasteiger partial charge in [-0.25, -0.2) is 0 Å². The van der Waals surface area contributed by atoms with Crippen LogP contribution in [0, 0.1) is 11.8 Å². The first-order chi connectivity index (χ1) is 8.13. The van der Waals surface area contributed by atoms with Crippen molar-refractivity contribution < 1.29 is 0 Å². The normalized spacial score (nSPS) is 24.2. The van der Waals surface area contributed by atoms with Gasteiger partial charge in [0.2, 0.25) is 0 Å². The lowest BCUT2D eigenvalue weighted by Gasteiger charge is -2.36. The van der Waals surface area contributed by atoms with Crippen LogP contribution in [0.3, 0.4) is 0 Å². The predicted molar refractivity (Wildman–Crippen MR) is 76.4 cm³/mol. The first kappa shape index (κ1) is 15.0. The zero-order valence-electron chi connectivity index (χ0n) is 12.3. The van der Waals surface area contributed by atoms with Crippen LogP contribution in [0.2, 0.25) is 0 Å². The van der Waals surface area contributed by atoms with E-state index in [4.69, 9.17) is 0 Å². The van der Waals surface area contributed by atoms with Crippen molar-refractivity contribution in [3.05, 3.63) is 0 Å². The van der Waals surface area contributed by atoms with Gasteiger partial charge in [0.1, 0.15) is 0 Å². The number of piperidine rings is 1. The van der Waals surface area contributed by atoms with Gasteiger partial charge < -0.3 is 10.2 Å². The fourth-order valence-corrected chi connectivity index (χ4v) is 2.91. The Bertz CT molecular complexity index is 191. The Morgan fingerprint density at radius 3 is 2.71 bits per heavy atom. The lowest BCUT2D eigenvalue weighted by atomic mass is 9.91. The molecule has 1 aliphatic rings. The second kappa shape index (κ2) is 8.10. The third-order valence-electron chi connectivity index (χ3n) is 4.03. The topological polar surface area (TPSA) is 15.3 Å². The molecule has 0 spiro atoms. The number of rotatable bonds is 7. The van der Waals surface area contributed by atoms with Crippen molar-refractivity contribution in [1.82, 2.24) is 10.2 Å². The molecule has 1 aliphatic heterocycles. The molecule has 1 saturated heterocycles. The molecule has 0 aromatic rings.